The molecule has 0 fully saturated rings. The fourth-order valence-corrected chi connectivity index (χ4v) is 1.37. The van der Waals surface area contributed by atoms with E-state index >= 15 is 0 Å². The van der Waals surface area contributed by atoms with E-state index < -0.39 is 18.2 Å². The number of aliphatic hydroxyl groups is 1. The maximum absolute atomic E-state index is 11.3. The van der Waals surface area contributed by atoms with Gasteiger partial charge in [-0.25, -0.2) is 4.79 Å². The molecule has 0 aliphatic carbocycles. The Balaban J connectivity index is 2.67. The molecule has 0 aliphatic heterocycles. The number of aliphatic hydroxyl groups excluding tert-OH is 1. The van der Waals surface area contributed by atoms with Crippen LogP contribution in [-0.4, -0.2) is 37.5 Å². The molecule has 2 atom stereocenters. The van der Waals surface area contributed by atoms with Gasteiger partial charge in [-0.3, -0.25) is 0 Å². The maximum atomic E-state index is 11.3. The highest BCUT2D eigenvalue weighted by molar-refractivity contribution is 5.76. The van der Waals surface area contributed by atoms with Crippen LogP contribution in [0.15, 0.2) is 36.4 Å². The molecule has 0 heterocycles. The number of carbonyl (C=O) groups is 1. The van der Waals surface area contributed by atoms with Crippen LogP contribution in [0, 0.1) is 0 Å². The Bertz CT molecular complexity index is 372. The molecule has 0 aliphatic rings. The van der Waals surface area contributed by atoms with Gasteiger partial charge in [0.2, 0.25) is 0 Å². The number of esters is 1. The van der Waals surface area contributed by atoms with Gasteiger partial charge in [-0.05, 0) is 5.56 Å². The van der Waals surface area contributed by atoms with Gasteiger partial charge in [-0.2, -0.15) is 0 Å². The Hall–Kier alpha value is -1.65. The number of methoxy groups -OCH3 is 2. The van der Waals surface area contributed by atoms with Gasteiger partial charge in [-0.15, -0.1) is 0 Å². The minimum absolute atomic E-state index is 0.599. The molecule has 4 heteroatoms. The van der Waals surface area contributed by atoms with Crippen LogP contribution in [0.2, 0.25) is 0 Å². The van der Waals surface area contributed by atoms with Crippen LogP contribution >= 0.6 is 0 Å². The normalized spacial score (nSPS) is 14.5. The molecule has 0 saturated carbocycles. The monoisotopic (exact) mass is 236 g/mol. The summed E-state index contributed by atoms with van der Waals surface area (Å²) < 4.78 is 9.40. The van der Waals surface area contributed by atoms with Gasteiger partial charge in [0.1, 0.15) is 6.10 Å². The molecular formula is C13H16O4. The third kappa shape index (κ3) is 4.01. The molecule has 92 valence electrons. The van der Waals surface area contributed by atoms with E-state index in [2.05, 4.69) is 4.74 Å². The third-order valence-electron chi connectivity index (χ3n) is 2.28. The van der Waals surface area contributed by atoms with Crippen molar-refractivity contribution >= 4 is 12.0 Å². The zero-order valence-corrected chi connectivity index (χ0v) is 9.87. The molecule has 0 amide bonds. The predicted molar refractivity (Wildman–Crippen MR) is 64.3 cm³/mol. The van der Waals surface area contributed by atoms with Crippen molar-refractivity contribution in [1.82, 2.24) is 0 Å². The molecule has 0 bridgehead atoms. The predicted octanol–water partition coefficient (Wildman–Crippen LogP) is 1.25. The van der Waals surface area contributed by atoms with Crippen molar-refractivity contribution in [3.63, 3.8) is 0 Å². The summed E-state index contributed by atoms with van der Waals surface area (Å²) in [6, 6.07) is 9.47. The van der Waals surface area contributed by atoms with Crippen LogP contribution in [0.1, 0.15) is 5.56 Å². The molecule has 1 aromatic carbocycles. The molecule has 4 nitrogen and oxygen atoms in total. The van der Waals surface area contributed by atoms with Gasteiger partial charge in [0.25, 0.3) is 0 Å². The Morgan fingerprint density at radius 2 is 1.94 bits per heavy atom. The first kappa shape index (κ1) is 13.4. The molecule has 0 spiro atoms. The number of ether oxygens (including phenoxy) is 2. The van der Waals surface area contributed by atoms with Crippen LogP contribution in [0.5, 0.6) is 0 Å². The Morgan fingerprint density at radius 3 is 2.47 bits per heavy atom. The molecule has 0 radical (unpaired) electrons. The molecular weight excluding hydrogens is 220 g/mol. The van der Waals surface area contributed by atoms with Crippen molar-refractivity contribution in [1.29, 1.82) is 0 Å². The summed E-state index contributed by atoms with van der Waals surface area (Å²) in [5, 5.41) is 9.76. The first-order chi connectivity index (χ1) is 8.19. The van der Waals surface area contributed by atoms with E-state index in [9.17, 15) is 9.90 Å². The van der Waals surface area contributed by atoms with Gasteiger partial charge in [0.05, 0.1) is 7.11 Å². The average Bonchev–Trinajstić information content (AvgIpc) is 2.38. The van der Waals surface area contributed by atoms with E-state index in [-0.39, 0.29) is 0 Å². The first-order valence-corrected chi connectivity index (χ1v) is 5.21. The average molecular weight is 236 g/mol. The van der Waals surface area contributed by atoms with E-state index in [1.54, 1.807) is 6.08 Å². The molecule has 1 rings (SSSR count). The highest BCUT2D eigenvalue weighted by atomic mass is 16.6. The smallest absolute Gasteiger partial charge is 0.338 e. The van der Waals surface area contributed by atoms with Crippen LogP contribution in [-0.2, 0) is 14.3 Å². The summed E-state index contributed by atoms with van der Waals surface area (Å²) in [4.78, 5) is 11.3. The van der Waals surface area contributed by atoms with Gasteiger partial charge in [0, 0.05) is 7.11 Å². The van der Waals surface area contributed by atoms with Gasteiger partial charge in [0.15, 0.2) is 6.10 Å². The van der Waals surface area contributed by atoms with Crippen LogP contribution in [0.25, 0.3) is 6.08 Å². The fourth-order valence-electron chi connectivity index (χ4n) is 1.37. The van der Waals surface area contributed by atoms with Crippen LogP contribution < -0.4 is 0 Å². The summed E-state index contributed by atoms with van der Waals surface area (Å²) in [7, 11) is 2.60. The van der Waals surface area contributed by atoms with E-state index in [1.165, 1.54) is 20.3 Å². The Kier molecular flexibility index (Phi) is 5.39. The second-order valence-electron chi connectivity index (χ2n) is 3.44. The summed E-state index contributed by atoms with van der Waals surface area (Å²) in [6.07, 6.45) is 1.19. The van der Waals surface area contributed by atoms with Crippen molar-refractivity contribution in [3.8, 4) is 0 Å². The van der Waals surface area contributed by atoms with Crippen molar-refractivity contribution in [2.45, 2.75) is 12.2 Å². The number of carbonyl (C=O) groups excluding carboxylic acids is 1. The van der Waals surface area contributed by atoms with E-state index in [1.807, 2.05) is 30.3 Å². The van der Waals surface area contributed by atoms with E-state index in [0.29, 0.717) is 0 Å². The molecule has 0 aromatic heterocycles. The zero-order valence-electron chi connectivity index (χ0n) is 9.87. The summed E-state index contributed by atoms with van der Waals surface area (Å²) in [5.41, 5.74) is 0.936. The summed E-state index contributed by atoms with van der Waals surface area (Å²) in [6.45, 7) is 0. The molecule has 0 unspecified atom stereocenters. The number of rotatable bonds is 5. The van der Waals surface area contributed by atoms with Gasteiger partial charge >= 0.3 is 5.97 Å². The molecule has 1 aromatic rings. The second kappa shape index (κ2) is 6.83. The Morgan fingerprint density at radius 1 is 1.29 bits per heavy atom. The largest absolute Gasteiger partial charge is 0.467 e. The SMILES string of the molecule is COC(=O)[C@@H](OC)[C@H](O)/C=C/c1ccccc1. The van der Waals surface area contributed by atoms with Crippen molar-refractivity contribution in [3.05, 3.63) is 42.0 Å². The molecule has 1 N–H and O–H groups in total. The maximum Gasteiger partial charge on any atom is 0.338 e. The lowest BCUT2D eigenvalue weighted by Crippen LogP contribution is -2.35. The zero-order chi connectivity index (χ0) is 12.7. The minimum Gasteiger partial charge on any atom is -0.467 e. The summed E-state index contributed by atoms with van der Waals surface area (Å²) in [5.74, 6) is -0.599. The van der Waals surface area contributed by atoms with Crippen molar-refractivity contribution in [2.24, 2.45) is 0 Å². The van der Waals surface area contributed by atoms with Crippen molar-refractivity contribution < 1.29 is 19.4 Å². The fraction of sp³-hybridized carbons (Fsp3) is 0.308. The molecule has 17 heavy (non-hydrogen) atoms. The minimum atomic E-state index is -1.03. The molecule has 0 saturated heterocycles. The highest BCUT2D eigenvalue weighted by Crippen LogP contribution is 2.07. The highest BCUT2D eigenvalue weighted by Gasteiger charge is 2.25. The standard InChI is InChI=1S/C13H16O4/c1-16-12(13(15)17-2)11(14)9-8-10-6-4-3-5-7-10/h3-9,11-12,14H,1-2H3/b9-8+/t11-,12+/m1/s1. The van der Waals surface area contributed by atoms with Crippen LogP contribution in [0.3, 0.4) is 0 Å². The second-order valence-corrected chi connectivity index (χ2v) is 3.44. The first-order valence-electron chi connectivity index (χ1n) is 5.21. The number of hydrogen-bond donors (Lipinski definition) is 1. The van der Waals surface area contributed by atoms with Gasteiger partial charge < -0.3 is 14.6 Å². The van der Waals surface area contributed by atoms with Crippen LogP contribution in [0.4, 0.5) is 0 Å². The lowest BCUT2D eigenvalue weighted by Gasteiger charge is -2.16. The Labute approximate surface area is 100 Å². The summed E-state index contributed by atoms with van der Waals surface area (Å²) >= 11 is 0. The number of hydrogen-bond acceptors (Lipinski definition) is 4. The topological polar surface area (TPSA) is 55.8 Å². The lowest BCUT2D eigenvalue weighted by molar-refractivity contribution is -0.157. The van der Waals surface area contributed by atoms with E-state index in [4.69, 9.17) is 4.74 Å². The lowest BCUT2D eigenvalue weighted by atomic mass is 10.1. The van der Waals surface area contributed by atoms with E-state index in [0.717, 1.165) is 5.56 Å². The third-order valence-corrected chi connectivity index (χ3v) is 2.28. The van der Waals surface area contributed by atoms with Gasteiger partial charge in [-0.1, -0.05) is 42.5 Å². The van der Waals surface area contributed by atoms with Crippen molar-refractivity contribution in [2.75, 3.05) is 14.2 Å². The number of benzene rings is 1. The quantitative estimate of drug-likeness (QED) is 0.782.